The molecule has 2 rings (SSSR count). The maximum atomic E-state index is 12.0. The summed E-state index contributed by atoms with van der Waals surface area (Å²) in [6.45, 7) is 2.48. The molecule has 7 nitrogen and oxygen atoms in total. The van der Waals surface area contributed by atoms with Gasteiger partial charge in [0.05, 0.1) is 0 Å². The molecule has 2 aromatic heterocycles. The smallest absolute Gasteiger partial charge is 0.330 e. The first kappa shape index (κ1) is 11.4. The minimum absolute atomic E-state index is 0.109. The van der Waals surface area contributed by atoms with Crippen LogP contribution in [0, 0.1) is 0 Å². The van der Waals surface area contributed by atoms with E-state index >= 15 is 0 Å². The summed E-state index contributed by atoms with van der Waals surface area (Å²) in [5, 5.41) is 0. The fourth-order valence-electron chi connectivity index (χ4n) is 1.87. The molecule has 2 heterocycles. The van der Waals surface area contributed by atoms with E-state index < -0.39 is 0 Å². The second-order valence-electron chi connectivity index (χ2n) is 4.00. The van der Waals surface area contributed by atoms with Crippen LogP contribution in [-0.2, 0) is 20.6 Å². The lowest BCUT2D eigenvalue weighted by Gasteiger charge is -2.03. The lowest BCUT2D eigenvalue weighted by Crippen LogP contribution is -2.24. The summed E-state index contributed by atoms with van der Waals surface area (Å²) in [7, 11) is 3.10. The van der Waals surface area contributed by atoms with E-state index in [4.69, 9.17) is 5.73 Å². The van der Waals surface area contributed by atoms with Crippen molar-refractivity contribution in [1.82, 2.24) is 18.7 Å². The van der Waals surface area contributed by atoms with Gasteiger partial charge in [-0.3, -0.25) is 18.5 Å². The molecule has 0 amide bonds. The van der Waals surface area contributed by atoms with Crippen molar-refractivity contribution in [2.45, 2.75) is 19.9 Å². The van der Waals surface area contributed by atoms with Gasteiger partial charge >= 0.3 is 5.69 Å². The standard InChI is InChI=1S/C10H15N5O2/c1-4-5-15-7-6(13(2)10(15)17)8(16)14(3)9(11)12-7/h4-5H2,1-3H3,(H2,11,12). The Bertz CT molecular complexity index is 691. The number of hydrogen-bond acceptors (Lipinski definition) is 4. The Balaban J connectivity index is 3.01. The van der Waals surface area contributed by atoms with Gasteiger partial charge in [-0.25, -0.2) is 4.79 Å². The number of nitrogens with zero attached hydrogens (tertiary/aromatic N) is 4. The molecule has 0 fully saturated rings. The number of aromatic nitrogens is 4. The number of nitrogens with two attached hydrogens (primary N) is 1. The van der Waals surface area contributed by atoms with E-state index in [0.717, 1.165) is 6.42 Å². The van der Waals surface area contributed by atoms with Crippen molar-refractivity contribution in [3.63, 3.8) is 0 Å². The number of nitrogen functional groups attached to an aromatic ring is 1. The third kappa shape index (κ3) is 1.46. The van der Waals surface area contributed by atoms with Gasteiger partial charge in [-0.15, -0.1) is 0 Å². The molecule has 2 aromatic rings. The molecule has 0 atom stereocenters. The van der Waals surface area contributed by atoms with Crippen LogP contribution in [0.5, 0.6) is 0 Å². The SMILES string of the molecule is CCCn1c(=O)n(C)c2c(=O)n(C)c(N)nc21. The van der Waals surface area contributed by atoms with Crippen LogP contribution in [0.3, 0.4) is 0 Å². The zero-order valence-electron chi connectivity index (χ0n) is 10.1. The molecule has 92 valence electrons. The highest BCUT2D eigenvalue weighted by molar-refractivity contribution is 5.71. The third-order valence-corrected chi connectivity index (χ3v) is 2.84. The normalized spacial score (nSPS) is 11.2. The minimum atomic E-state index is -0.304. The molecule has 7 heteroatoms. The summed E-state index contributed by atoms with van der Waals surface area (Å²) >= 11 is 0. The summed E-state index contributed by atoms with van der Waals surface area (Å²) < 4.78 is 4.03. The highest BCUT2D eigenvalue weighted by atomic mass is 16.2. The van der Waals surface area contributed by atoms with Crippen LogP contribution >= 0.6 is 0 Å². The zero-order chi connectivity index (χ0) is 12.7. The Kier molecular flexibility index (Phi) is 2.53. The predicted octanol–water partition coefficient (Wildman–Crippen LogP) is -0.574. The number of aryl methyl sites for hydroxylation is 2. The molecular formula is C10H15N5O2. The van der Waals surface area contributed by atoms with Crippen LogP contribution in [0.1, 0.15) is 13.3 Å². The van der Waals surface area contributed by atoms with Crippen LogP contribution in [0.25, 0.3) is 11.2 Å². The van der Waals surface area contributed by atoms with Crippen LogP contribution in [-0.4, -0.2) is 18.7 Å². The van der Waals surface area contributed by atoms with E-state index in [2.05, 4.69) is 4.98 Å². The number of rotatable bonds is 2. The Hall–Kier alpha value is -2.05. The number of hydrogen-bond donors (Lipinski definition) is 1. The van der Waals surface area contributed by atoms with Gasteiger partial charge in [-0.2, -0.15) is 4.98 Å². The first-order chi connectivity index (χ1) is 7.99. The average Bonchev–Trinajstić information content (AvgIpc) is 2.52. The molecule has 0 radical (unpaired) electrons. The van der Waals surface area contributed by atoms with Crippen LogP contribution in [0.15, 0.2) is 9.59 Å². The van der Waals surface area contributed by atoms with Gasteiger partial charge in [0.2, 0.25) is 5.95 Å². The van der Waals surface area contributed by atoms with E-state index in [1.54, 1.807) is 7.05 Å². The fourth-order valence-corrected chi connectivity index (χ4v) is 1.87. The fraction of sp³-hybridized carbons (Fsp3) is 0.500. The van der Waals surface area contributed by atoms with Gasteiger partial charge < -0.3 is 5.73 Å². The molecule has 0 aliphatic rings. The maximum absolute atomic E-state index is 12.0. The van der Waals surface area contributed by atoms with Gasteiger partial charge in [0.1, 0.15) is 0 Å². The van der Waals surface area contributed by atoms with Crippen molar-refractivity contribution < 1.29 is 0 Å². The van der Waals surface area contributed by atoms with Crippen LogP contribution in [0.4, 0.5) is 5.95 Å². The molecule has 0 unspecified atom stereocenters. The maximum Gasteiger partial charge on any atom is 0.330 e. The molecule has 17 heavy (non-hydrogen) atoms. The molecule has 0 aliphatic heterocycles. The molecular weight excluding hydrogens is 222 g/mol. The molecule has 0 saturated carbocycles. The van der Waals surface area contributed by atoms with E-state index in [1.165, 1.54) is 20.7 Å². The number of fused-ring (bicyclic) bond motifs is 1. The van der Waals surface area contributed by atoms with Crippen LogP contribution < -0.4 is 17.0 Å². The number of anilines is 1. The Morgan fingerprint density at radius 2 is 1.88 bits per heavy atom. The Morgan fingerprint density at radius 3 is 2.47 bits per heavy atom. The van der Waals surface area contributed by atoms with Crippen molar-refractivity contribution in [2.75, 3.05) is 5.73 Å². The highest BCUT2D eigenvalue weighted by Crippen LogP contribution is 2.07. The zero-order valence-corrected chi connectivity index (χ0v) is 10.1. The van der Waals surface area contributed by atoms with Gasteiger partial charge in [0.15, 0.2) is 11.2 Å². The predicted molar refractivity (Wildman–Crippen MR) is 64.9 cm³/mol. The van der Waals surface area contributed by atoms with E-state index in [9.17, 15) is 9.59 Å². The summed E-state index contributed by atoms with van der Waals surface area (Å²) in [4.78, 5) is 28.1. The van der Waals surface area contributed by atoms with Crippen molar-refractivity contribution >= 4 is 17.1 Å². The first-order valence-electron chi connectivity index (χ1n) is 5.40. The molecule has 0 saturated heterocycles. The van der Waals surface area contributed by atoms with Gasteiger partial charge in [-0.1, -0.05) is 6.92 Å². The third-order valence-electron chi connectivity index (χ3n) is 2.84. The summed E-state index contributed by atoms with van der Waals surface area (Å²) in [5.41, 5.74) is 5.75. The quantitative estimate of drug-likeness (QED) is 0.757. The van der Waals surface area contributed by atoms with Crippen molar-refractivity contribution in [1.29, 1.82) is 0 Å². The van der Waals surface area contributed by atoms with Gasteiger partial charge in [0, 0.05) is 20.6 Å². The average molecular weight is 237 g/mol. The van der Waals surface area contributed by atoms with Crippen molar-refractivity contribution in [3.05, 3.63) is 20.8 Å². The van der Waals surface area contributed by atoms with Crippen molar-refractivity contribution in [3.8, 4) is 0 Å². The Labute approximate surface area is 97.1 Å². The van der Waals surface area contributed by atoms with E-state index in [0.29, 0.717) is 17.7 Å². The van der Waals surface area contributed by atoms with E-state index in [-0.39, 0.29) is 17.2 Å². The molecule has 0 spiro atoms. The number of imidazole rings is 1. The second kappa shape index (κ2) is 3.76. The molecule has 0 aromatic carbocycles. The highest BCUT2D eigenvalue weighted by Gasteiger charge is 2.16. The first-order valence-corrected chi connectivity index (χ1v) is 5.40. The monoisotopic (exact) mass is 237 g/mol. The van der Waals surface area contributed by atoms with Crippen LogP contribution in [0.2, 0.25) is 0 Å². The minimum Gasteiger partial charge on any atom is -0.369 e. The Morgan fingerprint density at radius 1 is 1.24 bits per heavy atom. The van der Waals surface area contributed by atoms with Gasteiger partial charge in [0.25, 0.3) is 5.56 Å². The molecule has 0 bridgehead atoms. The molecule has 0 aliphatic carbocycles. The summed E-state index contributed by atoms with van der Waals surface area (Å²) in [6, 6.07) is 0. The molecule has 2 N–H and O–H groups in total. The van der Waals surface area contributed by atoms with E-state index in [1.807, 2.05) is 6.92 Å². The summed E-state index contributed by atoms with van der Waals surface area (Å²) in [5.74, 6) is 0.109. The topological polar surface area (TPSA) is 87.8 Å². The van der Waals surface area contributed by atoms with Gasteiger partial charge in [-0.05, 0) is 6.42 Å². The second-order valence-corrected chi connectivity index (χ2v) is 4.00. The lowest BCUT2D eigenvalue weighted by molar-refractivity contribution is 0.648. The largest absolute Gasteiger partial charge is 0.369 e. The lowest BCUT2D eigenvalue weighted by atomic mass is 10.4. The summed E-state index contributed by atoms with van der Waals surface area (Å²) in [6.07, 6.45) is 0.788. The van der Waals surface area contributed by atoms with Crippen molar-refractivity contribution in [2.24, 2.45) is 14.1 Å².